The Bertz CT molecular complexity index is 1340. The van der Waals surface area contributed by atoms with E-state index < -0.39 is 23.2 Å². The van der Waals surface area contributed by atoms with Gasteiger partial charge in [0, 0.05) is 5.56 Å². The molecule has 0 spiro atoms. The van der Waals surface area contributed by atoms with Crippen LogP contribution in [0.1, 0.15) is 54.2 Å². The van der Waals surface area contributed by atoms with Crippen molar-refractivity contribution in [2.75, 3.05) is 6.61 Å². The lowest BCUT2D eigenvalue weighted by Crippen LogP contribution is -2.44. The van der Waals surface area contributed by atoms with Gasteiger partial charge < -0.3 is 10.1 Å². The van der Waals surface area contributed by atoms with Crippen LogP contribution < -0.4 is 5.32 Å². The van der Waals surface area contributed by atoms with E-state index in [-0.39, 0.29) is 29.0 Å². The van der Waals surface area contributed by atoms with Gasteiger partial charge in [-0.3, -0.25) is 4.79 Å². The molecule has 1 amide bonds. The Morgan fingerprint density at radius 3 is 2.50 bits per heavy atom. The van der Waals surface area contributed by atoms with Crippen LogP contribution in [0.2, 0.25) is 0 Å². The van der Waals surface area contributed by atoms with Crippen LogP contribution in [0.5, 0.6) is 0 Å². The van der Waals surface area contributed by atoms with Crippen LogP contribution in [0.25, 0.3) is 17.3 Å². The van der Waals surface area contributed by atoms with E-state index in [9.17, 15) is 14.9 Å². The van der Waals surface area contributed by atoms with Gasteiger partial charge in [-0.25, -0.2) is 14.2 Å². The third kappa shape index (κ3) is 5.18. The summed E-state index contributed by atoms with van der Waals surface area (Å²) < 4.78 is 20.0. The molecular weight excluding hydrogens is 457 g/mol. The Kier molecular flexibility index (Phi) is 7.55. The van der Waals surface area contributed by atoms with Crippen LogP contribution in [0.15, 0.2) is 72.3 Å². The molecular formula is C29H26FN3O3. The van der Waals surface area contributed by atoms with Gasteiger partial charge in [0.15, 0.2) is 0 Å². The van der Waals surface area contributed by atoms with E-state index in [2.05, 4.69) is 10.3 Å². The van der Waals surface area contributed by atoms with E-state index >= 15 is 4.39 Å². The van der Waals surface area contributed by atoms with Crippen LogP contribution in [-0.2, 0) is 15.1 Å². The minimum absolute atomic E-state index is 0.0948. The number of carbonyl (C=O) groups excluding carboxylic acids is 2. The number of aromatic nitrogens is 1. The summed E-state index contributed by atoms with van der Waals surface area (Å²) in [5.74, 6) is -1.98. The molecule has 0 bridgehead atoms. The normalized spacial score (nSPS) is 14.6. The first kappa shape index (κ1) is 24.8. The van der Waals surface area contributed by atoms with Crippen molar-refractivity contribution < 1.29 is 18.7 Å². The molecule has 36 heavy (non-hydrogen) atoms. The summed E-state index contributed by atoms with van der Waals surface area (Å²) in [6.45, 7) is 1.78. The number of ether oxygens (including phenoxy) is 1. The van der Waals surface area contributed by atoms with Gasteiger partial charge in [0.2, 0.25) is 0 Å². The summed E-state index contributed by atoms with van der Waals surface area (Å²) in [6, 6.07) is 21.1. The second-order valence-corrected chi connectivity index (χ2v) is 8.61. The smallest absolute Gasteiger partial charge is 0.341 e. The van der Waals surface area contributed by atoms with Gasteiger partial charge in [0.25, 0.3) is 5.91 Å². The number of nitrogens with zero attached hydrogens (tertiary/aromatic N) is 2. The molecule has 1 fully saturated rings. The average molecular weight is 484 g/mol. The standard InChI is InChI=1S/C29H26FN3O3/c1-2-36-28(35)24-14-9-13-23(26(24)30)25-15-8-12-22(32-25)18-20(19-31)27(34)33-29(16-6-7-17-29)21-10-4-3-5-11-21/h3-5,8-15,18H,2,6-7,16-17H2,1H3,(H,33,34)/b20-18+. The number of benzene rings is 2. The third-order valence-electron chi connectivity index (χ3n) is 6.33. The Balaban J connectivity index is 1.62. The number of nitriles is 1. The SMILES string of the molecule is CCOC(=O)c1cccc(-c2cccc(/C=C(\C#N)C(=O)NC3(c4ccccc4)CCCC3)n2)c1F. The highest BCUT2D eigenvalue weighted by molar-refractivity contribution is 6.02. The molecule has 6 nitrogen and oxygen atoms in total. The van der Waals surface area contributed by atoms with E-state index in [0.29, 0.717) is 5.69 Å². The second kappa shape index (κ2) is 11.0. The highest BCUT2D eigenvalue weighted by atomic mass is 19.1. The van der Waals surface area contributed by atoms with Gasteiger partial charge in [-0.05, 0) is 55.7 Å². The first-order chi connectivity index (χ1) is 17.5. The Labute approximate surface area is 209 Å². The first-order valence-electron chi connectivity index (χ1n) is 11.9. The van der Waals surface area contributed by atoms with Crippen molar-refractivity contribution in [2.45, 2.75) is 38.1 Å². The van der Waals surface area contributed by atoms with Crippen molar-refractivity contribution in [1.82, 2.24) is 10.3 Å². The summed E-state index contributed by atoms with van der Waals surface area (Å²) in [6.07, 6.45) is 4.96. The molecule has 0 radical (unpaired) electrons. The number of esters is 1. The van der Waals surface area contributed by atoms with Gasteiger partial charge in [-0.2, -0.15) is 5.26 Å². The first-order valence-corrected chi connectivity index (χ1v) is 11.9. The number of halogens is 1. The fourth-order valence-electron chi connectivity index (χ4n) is 4.58. The molecule has 0 atom stereocenters. The maximum absolute atomic E-state index is 15.1. The van der Waals surface area contributed by atoms with Crippen molar-refractivity contribution in [3.05, 3.63) is 94.9 Å². The lowest BCUT2D eigenvalue weighted by Gasteiger charge is -2.31. The fraction of sp³-hybridized carbons (Fsp3) is 0.241. The molecule has 4 rings (SSSR count). The predicted octanol–water partition coefficient (Wildman–Crippen LogP) is 5.56. The highest BCUT2D eigenvalue weighted by Crippen LogP contribution is 2.39. The van der Waals surface area contributed by atoms with Crippen LogP contribution in [0, 0.1) is 17.1 Å². The van der Waals surface area contributed by atoms with Crippen molar-refractivity contribution in [3.8, 4) is 17.3 Å². The van der Waals surface area contributed by atoms with Crippen LogP contribution in [0.3, 0.4) is 0 Å². The number of hydrogen-bond donors (Lipinski definition) is 1. The molecule has 1 saturated carbocycles. The van der Waals surface area contributed by atoms with Gasteiger partial charge in [-0.1, -0.05) is 55.3 Å². The van der Waals surface area contributed by atoms with Crippen LogP contribution in [-0.4, -0.2) is 23.5 Å². The van der Waals surface area contributed by atoms with Crippen molar-refractivity contribution in [2.24, 2.45) is 0 Å². The van der Waals surface area contributed by atoms with Crippen molar-refractivity contribution in [1.29, 1.82) is 5.26 Å². The maximum atomic E-state index is 15.1. The van der Waals surface area contributed by atoms with Crippen molar-refractivity contribution >= 4 is 18.0 Å². The van der Waals surface area contributed by atoms with E-state index in [1.54, 1.807) is 31.2 Å². The zero-order valence-corrected chi connectivity index (χ0v) is 20.0. The number of nitrogens with one attached hydrogen (secondary N) is 1. The zero-order valence-electron chi connectivity index (χ0n) is 20.0. The monoisotopic (exact) mass is 483 g/mol. The Hall–Kier alpha value is -4.31. The minimum atomic E-state index is -0.754. The van der Waals surface area contributed by atoms with Crippen LogP contribution in [0.4, 0.5) is 4.39 Å². The van der Waals surface area contributed by atoms with Gasteiger partial charge in [0.1, 0.15) is 17.5 Å². The van der Waals surface area contributed by atoms with Crippen LogP contribution >= 0.6 is 0 Å². The highest BCUT2D eigenvalue weighted by Gasteiger charge is 2.37. The molecule has 1 aliphatic rings. The molecule has 1 aromatic heterocycles. The summed E-state index contributed by atoms with van der Waals surface area (Å²) in [5.41, 5.74) is 0.930. The van der Waals surface area contributed by atoms with Gasteiger partial charge >= 0.3 is 5.97 Å². The number of carbonyl (C=O) groups is 2. The number of rotatable bonds is 7. The zero-order chi connectivity index (χ0) is 25.5. The topological polar surface area (TPSA) is 92.1 Å². The quantitative estimate of drug-likeness (QED) is 0.270. The fourth-order valence-corrected chi connectivity index (χ4v) is 4.58. The minimum Gasteiger partial charge on any atom is -0.462 e. The van der Waals surface area contributed by atoms with E-state index in [1.807, 2.05) is 36.4 Å². The molecule has 1 N–H and O–H groups in total. The molecule has 7 heteroatoms. The Morgan fingerprint density at radius 1 is 1.08 bits per heavy atom. The summed E-state index contributed by atoms with van der Waals surface area (Å²) in [4.78, 5) is 29.7. The number of amides is 1. The Morgan fingerprint density at radius 2 is 1.81 bits per heavy atom. The largest absolute Gasteiger partial charge is 0.462 e. The lowest BCUT2D eigenvalue weighted by atomic mass is 9.88. The third-order valence-corrected chi connectivity index (χ3v) is 6.33. The molecule has 182 valence electrons. The van der Waals surface area contributed by atoms with Crippen molar-refractivity contribution in [3.63, 3.8) is 0 Å². The van der Waals surface area contributed by atoms with Gasteiger partial charge in [-0.15, -0.1) is 0 Å². The summed E-state index contributed by atoms with van der Waals surface area (Å²) in [5, 5.41) is 12.8. The lowest BCUT2D eigenvalue weighted by molar-refractivity contribution is -0.119. The molecule has 1 heterocycles. The van der Waals surface area contributed by atoms with E-state index in [4.69, 9.17) is 4.74 Å². The summed E-state index contributed by atoms with van der Waals surface area (Å²) in [7, 11) is 0. The van der Waals surface area contributed by atoms with E-state index in [1.165, 1.54) is 18.2 Å². The molecule has 0 saturated heterocycles. The predicted molar refractivity (Wildman–Crippen MR) is 134 cm³/mol. The number of pyridine rings is 1. The van der Waals surface area contributed by atoms with E-state index in [0.717, 1.165) is 31.2 Å². The maximum Gasteiger partial charge on any atom is 0.341 e. The molecule has 0 unspecified atom stereocenters. The average Bonchev–Trinajstić information content (AvgIpc) is 3.37. The van der Waals surface area contributed by atoms with Gasteiger partial charge in [0.05, 0.1) is 29.1 Å². The molecule has 1 aliphatic carbocycles. The molecule has 0 aliphatic heterocycles. The number of hydrogen-bond acceptors (Lipinski definition) is 5. The summed E-state index contributed by atoms with van der Waals surface area (Å²) >= 11 is 0. The molecule has 2 aromatic carbocycles. The second-order valence-electron chi connectivity index (χ2n) is 8.61. The molecule has 3 aromatic rings.